The van der Waals surface area contributed by atoms with Gasteiger partial charge in [0.1, 0.15) is 0 Å². The first kappa shape index (κ1) is 10.1. The third kappa shape index (κ3) is 2.13. The lowest BCUT2D eigenvalue weighted by Crippen LogP contribution is -2.60. The van der Waals surface area contributed by atoms with E-state index in [0.29, 0.717) is 0 Å². The van der Waals surface area contributed by atoms with Gasteiger partial charge < -0.3 is 5.11 Å². The summed E-state index contributed by atoms with van der Waals surface area (Å²) in [7, 11) is 0. The van der Waals surface area contributed by atoms with E-state index in [9.17, 15) is 5.11 Å². The van der Waals surface area contributed by atoms with Gasteiger partial charge in [0.25, 0.3) is 0 Å². The zero-order valence-corrected chi connectivity index (χ0v) is 9.47. The average molecular weight is 212 g/mol. The number of β-amino-alcohol motifs (C(OH)–C–C–N with tert-alkyl or cyclic N) is 1. The highest BCUT2D eigenvalue weighted by Gasteiger charge is 2.35. The Morgan fingerprint density at radius 2 is 2.36 bits per heavy atom. The minimum Gasteiger partial charge on any atom is -0.388 e. The van der Waals surface area contributed by atoms with Crippen molar-refractivity contribution in [3.8, 4) is 0 Å². The molecule has 0 radical (unpaired) electrons. The first-order valence-corrected chi connectivity index (χ1v) is 5.78. The van der Waals surface area contributed by atoms with Crippen molar-refractivity contribution in [2.75, 3.05) is 19.6 Å². The molecule has 14 heavy (non-hydrogen) atoms. The van der Waals surface area contributed by atoms with Crippen LogP contribution in [-0.4, -0.2) is 40.2 Å². The molecule has 0 atom stereocenters. The molecule has 1 N–H and O–H groups in total. The van der Waals surface area contributed by atoms with Crippen molar-refractivity contribution in [2.45, 2.75) is 25.9 Å². The number of nitrogens with zero attached hydrogens (tertiary/aromatic N) is 2. The molecule has 0 unspecified atom stereocenters. The summed E-state index contributed by atoms with van der Waals surface area (Å²) >= 11 is 1.73. The lowest BCUT2D eigenvalue weighted by Gasteiger charge is -2.44. The maximum Gasteiger partial charge on any atom is 0.0872 e. The fraction of sp³-hybridized carbons (Fsp3) is 0.700. The van der Waals surface area contributed by atoms with E-state index >= 15 is 0 Å². The van der Waals surface area contributed by atoms with Crippen LogP contribution in [-0.2, 0) is 6.42 Å². The molecule has 0 spiro atoms. The van der Waals surface area contributed by atoms with Crippen molar-refractivity contribution in [3.05, 3.63) is 16.1 Å². The van der Waals surface area contributed by atoms with Crippen LogP contribution in [0, 0.1) is 6.92 Å². The van der Waals surface area contributed by atoms with Gasteiger partial charge in [0.2, 0.25) is 0 Å². The topological polar surface area (TPSA) is 36.4 Å². The van der Waals surface area contributed by atoms with Crippen molar-refractivity contribution in [2.24, 2.45) is 0 Å². The van der Waals surface area contributed by atoms with Gasteiger partial charge in [0.05, 0.1) is 16.8 Å². The number of likely N-dealkylation sites (tertiary alicyclic amines) is 1. The second-order valence-corrected chi connectivity index (χ2v) is 5.26. The van der Waals surface area contributed by atoms with Crippen LogP contribution in [0.5, 0.6) is 0 Å². The molecule has 0 bridgehead atoms. The van der Waals surface area contributed by atoms with Gasteiger partial charge in [-0.15, -0.1) is 11.3 Å². The van der Waals surface area contributed by atoms with Crippen LogP contribution in [0.2, 0.25) is 0 Å². The Morgan fingerprint density at radius 3 is 2.86 bits per heavy atom. The largest absolute Gasteiger partial charge is 0.388 e. The number of hydrogen-bond acceptors (Lipinski definition) is 4. The van der Waals surface area contributed by atoms with Crippen molar-refractivity contribution >= 4 is 11.3 Å². The summed E-state index contributed by atoms with van der Waals surface area (Å²) in [5.41, 5.74) is 2.61. The highest BCUT2D eigenvalue weighted by molar-refractivity contribution is 7.09. The van der Waals surface area contributed by atoms with Crippen LogP contribution in [0.15, 0.2) is 5.51 Å². The van der Waals surface area contributed by atoms with Gasteiger partial charge in [-0.25, -0.2) is 4.98 Å². The molecule has 0 amide bonds. The fourth-order valence-corrected chi connectivity index (χ4v) is 2.67. The standard InChI is InChI=1S/C10H16N2OS/c1-8-9(14-7-11-8)3-4-12-5-10(2,13)6-12/h7,13H,3-6H2,1-2H3. The van der Waals surface area contributed by atoms with Crippen molar-refractivity contribution in [1.29, 1.82) is 0 Å². The van der Waals surface area contributed by atoms with Crippen LogP contribution >= 0.6 is 11.3 Å². The SMILES string of the molecule is Cc1ncsc1CCN1CC(C)(O)C1. The van der Waals surface area contributed by atoms with Crippen LogP contribution in [0.3, 0.4) is 0 Å². The van der Waals surface area contributed by atoms with Crippen LogP contribution in [0.4, 0.5) is 0 Å². The summed E-state index contributed by atoms with van der Waals surface area (Å²) in [6.07, 6.45) is 1.06. The van der Waals surface area contributed by atoms with Crippen molar-refractivity contribution in [1.82, 2.24) is 9.88 Å². The normalized spacial score (nSPS) is 20.8. The van der Waals surface area contributed by atoms with Crippen molar-refractivity contribution < 1.29 is 5.11 Å². The van der Waals surface area contributed by atoms with E-state index in [2.05, 4.69) is 16.8 Å². The van der Waals surface area contributed by atoms with Crippen LogP contribution < -0.4 is 0 Å². The monoisotopic (exact) mass is 212 g/mol. The summed E-state index contributed by atoms with van der Waals surface area (Å²) in [6.45, 7) is 6.61. The van der Waals surface area contributed by atoms with Gasteiger partial charge in [-0.2, -0.15) is 0 Å². The molecule has 3 nitrogen and oxygen atoms in total. The molecule has 78 valence electrons. The Balaban J connectivity index is 1.77. The predicted octanol–water partition coefficient (Wildman–Crippen LogP) is 1.06. The maximum absolute atomic E-state index is 9.54. The number of thiazole rings is 1. The van der Waals surface area contributed by atoms with Gasteiger partial charge in [0.15, 0.2) is 0 Å². The smallest absolute Gasteiger partial charge is 0.0872 e. The summed E-state index contributed by atoms with van der Waals surface area (Å²) in [5.74, 6) is 0. The highest BCUT2D eigenvalue weighted by atomic mass is 32.1. The minimum absolute atomic E-state index is 0.442. The average Bonchev–Trinajstić information content (AvgIpc) is 2.44. The van der Waals surface area contributed by atoms with Gasteiger partial charge in [-0.3, -0.25) is 4.90 Å². The lowest BCUT2D eigenvalue weighted by molar-refractivity contribution is -0.0823. The summed E-state index contributed by atoms with van der Waals surface area (Å²) < 4.78 is 0. The van der Waals surface area contributed by atoms with E-state index in [1.54, 1.807) is 11.3 Å². The van der Waals surface area contributed by atoms with Gasteiger partial charge in [0, 0.05) is 24.5 Å². The molecular formula is C10H16N2OS. The Labute approximate surface area is 88.4 Å². The number of aromatic nitrogens is 1. The molecule has 1 aromatic rings. The maximum atomic E-state index is 9.54. The zero-order valence-electron chi connectivity index (χ0n) is 8.66. The highest BCUT2D eigenvalue weighted by Crippen LogP contribution is 2.21. The molecule has 4 heteroatoms. The zero-order chi connectivity index (χ0) is 10.2. The minimum atomic E-state index is -0.442. The van der Waals surface area contributed by atoms with Crippen LogP contribution in [0.25, 0.3) is 0 Å². The van der Waals surface area contributed by atoms with Crippen LogP contribution in [0.1, 0.15) is 17.5 Å². The van der Waals surface area contributed by atoms with Crippen molar-refractivity contribution in [3.63, 3.8) is 0 Å². The predicted molar refractivity (Wildman–Crippen MR) is 57.6 cm³/mol. The molecule has 0 saturated carbocycles. The lowest BCUT2D eigenvalue weighted by atomic mass is 9.97. The Morgan fingerprint density at radius 1 is 1.64 bits per heavy atom. The second kappa shape index (κ2) is 3.61. The van der Waals surface area contributed by atoms with E-state index in [1.165, 1.54) is 4.88 Å². The molecule has 2 rings (SSSR count). The number of hydrogen-bond donors (Lipinski definition) is 1. The van der Waals surface area contributed by atoms with Gasteiger partial charge >= 0.3 is 0 Å². The third-order valence-corrected chi connectivity index (χ3v) is 3.62. The first-order valence-electron chi connectivity index (χ1n) is 4.90. The summed E-state index contributed by atoms with van der Waals surface area (Å²) in [4.78, 5) is 7.87. The Bertz CT molecular complexity index is 314. The van der Waals surface area contributed by atoms with E-state index in [4.69, 9.17) is 0 Å². The molecule has 0 aromatic carbocycles. The van der Waals surface area contributed by atoms with Gasteiger partial charge in [-0.05, 0) is 20.3 Å². The number of rotatable bonds is 3. The van der Waals surface area contributed by atoms with E-state index in [-0.39, 0.29) is 0 Å². The second-order valence-electron chi connectivity index (χ2n) is 4.32. The van der Waals surface area contributed by atoms with Gasteiger partial charge in [-0.1, -0.05) is 0 Å². The molecule has 1 aliphatic heterocycles. The first-order chi connectivity index (χ1) is 6.57. The quantitative estimate of drug-likeness (QED) is 0.814. The summed E-state index contributed by atoms with van der Waals surface area (Å²) in [5, 5.41) is 9.54. The van der Waals surface area contributed by atoms with E-state index in [0.717, 1.165) is 31.7 Å². The molecule has 1 aromatic heterocycles. The van der Waals surface area contributed by atoms with E-state index < -0.39 is 5.60 Å². The molecule has 2 heterocycles. The summed E-state index contributed by atoms with van der Waals surface area (Å²) in [6, 6.07) is 0. The number of aliphatic hydroxyl groups is 1. The molecule has 1 saturated heterocycles. The third-order valence-electron chi connectivity index (χ3n) is 2.63. The molecule has 0 aliphatic carbocycles. The van der Waals surface area contributed by atoms with E-state index in [1.807, 2.05) is 12.4 Å². The molecule has 1 aliphatic rings. The fourth-order valence-electron chi connectivity index (χ4n) is 1.90. The Hall–Kier alpha value is -0.450. The molecule has 1 fully saturated rings. The Kier molecular flexibility index (Phi) is 2.60. The molecular weight excluding hydrogens is 196 g/mol. The number of aryl methyl sites for hydroxylation is 1.